The summed E-state index contributed by atoms with van der Waals surface area (Å²) >= 11 is 6.19. The number of aromatic nitrogens is 1. The number of nitrogens with two attached hydrogens (primary N) is 1. The lowest BCUT2D eigenvalue weighted by molar-refractivity contribution is -0.201. The number of alkyl halides is 6. The van der Waals surface area contributed by atoms with Crippen LogP contribution in [0.1, 0.15) is 56.3 Å². The minimum atomic E-state index is -5.08. The number of rotatable bonds is 5. The summed E-state index contributed by atoms with van der Waals surface area (Å²) in [6.45, 7) is 3.61. The predicted octanol–water partition coefficient (Wildman–Crippen LogP) is 4.94. The van der Waals surface area contributed by atoms with E-state index in [0.717, 1.165) is 0 Å². The van der Waals surface area contributed by atoms with Crippen LogP contribution in [0.25, 0.3) is 0 Å². The molecule has 5 rings (SSSR count). The number of carboxylic acids is 1. The lowest BCUT2D eigenvalue weighted by atomic mass is 9.94. The molecule has 0 spiro atoms. The predicted molar refractivity (Wildman–Crippen MR) is 147 cm³/mol. The SMILES string of the molecule is CC1(C)CC(=O)N(C(c2cncc(Cl)c2)[C@@H]2C[C@H]2C(=O)N[C@H]2C[C@H](C(F)(F)F)Oc3ccccc32)C(N)=N1.O=C(O)C(F)(F)F. The van der Waals surface area contributed by atoms with Gasteiger partial charge in [-0.3, -0.25) is 19.5 Å². The molecule has 2 aliphatic heterocycles. The first-order valence-corrected chi connectivity index (χ1v) is 13.9. The fourth-order valence-electron chi connectivity index (χ4n) is 5.36. The Balaban J connectivity index is 0.000000591. The zero-order chi connectivity index (χ0) is 33.5. The van der Waals surface area contributed by atoms with Crippen molar-refractivity contribution < 1.29 is 50.6 Å². The van der Waals surface area contributed by atoms with Crippen LogP contribution in [0.2, 0.25) is 5.02 Å². The third-order valence-electron chi connectivity index (χ3n) is 7.38. The van der Waals surface area contributed by atoms with Gasteiger partial charge < -0.3 is 20.9 Å². The number of hydrogen-bond donors (Lipinski definition) is 3. The molecular weight excluding hydrogens is 636 g/mol. The molecule has 0 radical (unpaired) electrons. The number of nitrogens with one attached hydrogen (secondary N) is 1. The van der Waals surface area contributed by atoms with Gasteiger partial charge in [-0.25, -0.2) is 9.79 Å². The molecule has 4 N–H and O–H groups in total. The Hall–Kier alpha value is -4.08. The maximum absolute atomic E-state index is 13.5. The van der Waals surface area contributed by atoms with Crippen molar-refractivity contribution in [3.63, 3.8) is 0 Å². The van der Waals surface area contributed by atoms with Gasteiger partial charge in [0.1, 0.15) is 5.75 Å². The van der Waals surface area contributed by atoms with Crippen LogP contribution in [0.4, 0.5) is 26.3 Å². The molecule has 1 aromatic heterocycles. The van der Waals surface area contributed by atoms with Crippen molar-refractivity contribution in [1.82, 2.24) is 15.2 Å². The maximum Gasteiger partial charge on any atom is 0.490 e. The number of ether oxygens (including phenoxy) is 1. The molecule has 1 saturated carbocycles. The monoisotopic (exact) mass is 663 g/mol. The van der Waals surface area contributed by atoms with Gasteiger partial charge in [0.05, 0.1) is 29.1 Å². The highest BCUT2D eigenvalue weighted by Crippen LogP contribution is 2.52. The Morgan fingerprint density at radius 1 is 1.16 bits per heavy atom. The molecule has 244 valence electrons. The summed E-state index contributed by atoms with van der Waals surface area (Å²) in [5.41, 5.74) is 6.66. The van der Waals surface area contributed by atoms with E-state index in [9.17, 15) is 35.9 Å². The smallest absolute Gasteiger partial charge is 0.480 e. The number of aliphatic carboxylic acids is 1. The van der Waals surface area contributed by atoms with E-state index in [4.69, 9.17) is 32.0 Å². The van der Waals surface area contributed by atoms with E-state index in [1.807, 2.05) is 0 Å². The Kier molecular flexibility index (Phi) is 9.29. The van der Waals surface area contributed by atoms with E-state index in [0.29, 0.717) is 22.6 Å². The van der Waals surface area contributed by atoms with Crippen molar-refractivity contribution in [1.29, 1.82) is 0 Å². The fourth-order valence-corrected chi connectivity index (χ4v) is 5.54. The summed E-state index contributed by atoms with van der Waals surface area (Å²) < 4.78 is 77.5. The molecule has 0 bridgehead atoms. The number of carbonyl (C=O) groups is 3. The summed E-state index contributed by atoms with van der Waals surface area (Å²) in [5.74, 6) is -4.20. The number of aliphatic imine (C=N–C) groups is 1. The molecule has 1 aliphatic carbocycles. The Morgan fingerprint density at radius 2 is 1.80 bits per heavy atom. The first-order chi connectivity index (χ1) is 20.8. The van der Waals surface area contributed by atoms with Crippen LogP contribution in [0.5, 0.6) is 5.75 Å². The largest absolute Gasteiger partial charge is 0.490 e. The molecule has 45 heavy (non-hydrogen) atoms. The van der Waals surface area contributed by atoms with Crippen molar-refractivity contribution in [2.45, 2.75) is 69.2 Å². The minimum Gasteiger partial charge on any atom is -0.480 e. The molecule has 10 nitrogen and oxygen atoms in total. The number of benzene rings is 1. The standard InChI is InChI=1S/C26H27ClF3N5O3.C2HF3O2/c1-25(2)10-21(36)35(24(31)34-25)22(13-7-14(27)12-32-11-13)16-8-17(16)23(37)33-18-9-20(26(28,29)30)38-19-6-4-3-5-15(18)19;3-2(4,5)1(6)7/h3-7,11-12,16-18,20,22H,8-10H2,1-2H3,(H2,31,34)(H,33,37);(H,6,7)/t16-,17-,18+,20-,22?;/m1./s1. The van der Waals surface area contributed by atoms with Crippen molar-refractivity contribution in [2.75, 3.05) is 0 Å². The number of hydrogen-bond acceptors (Lipinski definition) is 7. The first-order valence-electron chi connectivity index (χ1n) is 13.5. The number of nitrogens with zero attached hydrogens (tertiary/aromatic N) is 3. The molecule has 5 atom stereocenters. The highest BCUT2D eigenvalue weighted by Gasteiger charge is 2.54. The summed E-state index contributed by atoms with van der Waals surface area (Å²) in [7, 11) is 0. The highest BCUT2D eigenvalue weighted by atomic mass is 35.5. The third-order valence-corrected chi connectivity index (χ3v) is 7.59. The van der Waals surface area contributed by atoms with Crippen LogP contribution in [0.3, 0.4) is 0 Å². The molecule has 1 aromatic carbocycles. The Bertz CT molecular complexity index is 1500. The van der Waals surface area contributed by atoms with Crippen LogP contribution in [-0.2, 0) is 14.4 Å². The molecule has 3 aliphatic rings. The van der Waals surface area contributed by atoms with Crippen LogP contribution < -0.4 is 15.8 Å². The summed E-state index contributed by atoms with van der Waals surface area (Å²) in [6, 6.07) is 6.49. The van der Waals surface area contributed by atoms with E-state index in [1.54, 1.807) is 44.3 Å². The topological polar surface area (TPSA) is 147 Å². The van der Waals surface area contributed by atoms with E-state index >= 15 is 0 Å². The van der Waals surface area contributed by atoms with Gasteiger partial charge in [0.25, 0.3) is 0 Å². The zero-order valence-electron chi connectivity index (χ0n) is 23.7. The van der Waals surface area contributed by atoms with Crippen molar-refractivity contribution in [3.8, 4) is 5.75 Å². The lowest BCUT2D eigenvalue weighted by Crippen LogP contribution is -2.52. The normalized spacial score (nSPS) is 24.6. The lowest BCUT2D eigenvalue weighted by Gasteiger charge is -2.38. The minimum absolute atomic E-state index is 0.0358. The van der Waals surface area contributed by atoms with Gasteiger partial charge in [0.2, 0.25) is 11.8 Å². The number of carboxylic acid groups (broad SMARTS) is 1. The second kappa shape index (κ2) is 12.4. The molecular formula is C28H28ClF6N5O5. The van der Waals surface area contributed by atoms with E-state index in [1.165, 1.54) is 17.2 Å². The van der Waals surface area contributed by atoms with E-state index in [-0.39, 0.29) is 30.0 Å². The van der Waals surface area contributed by atoms with Gasteiger partial charge in [-0.1, -0.05) is 29.8 Å². The number of halogens is 7. The number of amides is 2. The van der Waals surface area contributed by atoms with Crippen LogP contribution >= 0.6 is 11.6 Å². The molecule has 1 fully saturated rings. The second-order valence-electron chi connectivity index (χ2n) is 11.4. The maximum atomic E-state index is 13.5. The number of carbonyl (C=O) groups excluding carboxylic acids is 2. The van der Waals surface area contributed by atoms with Gasteiger partial charge in [-0.15, -0.1) is 0 Å². The third kappa shape index (κ3) is 7.96. The molecule has 3 heterocycles. The van der Waals surface area contributed by atoms with Gasteiger partial charge in [0, 0.05) is 30.3 Å². The van der Waals surface area contributed by atoms with Crippen LogP contribution in [-0.4, -0.2) is 62.7 Å². The van der Waals surface area contributed by atoms with Crippen LogP contribution in [0, 0.1) is 11.8 Å². The van der Waals surface area contributed by atoms with Gasteiger partial charge >= 0.3 is 18.3 Å². The van der Waals surface area contributed by atoms with Gasteiger partial charge in [0.15, 0.2) is 12.1 Å². The fraction of sp³-hybridized carbons (Fsp3) is 0.464. The quantitative estimate of drug-likeness (QED) is 0.384. The molecule has 0 saturated heterocycles. The van der Waals surface area contributed by atoms with Crippen molar-refractivity contribution in [2.24, 2.45) is 22.6 Å². The van der Waals surface area contributed by atoms with Gasteiger partial charge in [-0.05, 0) is 43.9 Å². The van der Waals surface area contributed by atoms with Gasteiger partial charge in [-0.2, -0.15) is 26.3 Å². The zero-order valence-corrected chi connectivity index (χ0v) is 24.5. The first kappa shape index (κ1) is 33.8. The average Bonchev–Trinajstić information content (AvgIpc) is 3.70. The summed E-state index contributed by atoms with van der Waals surface area (Å²) in [5, 5.41) is 10.3. The summed E-state index contributed by atoms with van der Waals surface area (Å²) in [4.78, 5) is 45.5. The number of para-hydroxylation sites is 1. The highest BCUT2D eigenvalue weighted by molar-refractivity contribution is 6.30. The van der Waals surface area contributed by atoms with Crippen molar-refractivity contribution in [3.05, 3.63) is 58.9 Å². The molecule has 2 aromatic rings. The summed E-state index contributed by atoms with van der Waals surface area (Å²) in [6.07, 6.45) is -8.60. The molecule has 1 unspecified atom stereocenters. The number of pyridine rings is 1. The Labute approximate surface area is 257 Å². The van der Waals surface area contributed by atoms with E-state index < -0.39 is 60.3 Å². The molecule has 17 heteroatoms. The van der Waals surface area contributed by atoms with E-state index in [2.05, 4.69) is 15.3 Å². The number of guanidine groups is 1. The number of fused-ring (bicyclic) bond motifs is 1. The average molecular weight is 664 g/mol. The van der Waals surface area contributed by atoms with Crippen LogP contribution in [0.15, 0.2) is 47.7 Å². The van der Waals surface area contributed by atoms with Crippen molar-refractivity contribution >= 4 is 35.3 Å². The molecule has 2 amide bonds. The Morgan fingerprint density at radius 3 is 2.38 bits per heavy atom. The second-order valence-corrected chi connectivity index (χ2v) is 11.8.